The number of nitrogens with zero attached hydrogens (tertiary/aromatic N) is 1. The molecule has 0 aliphatic heterocycles. The van der Waals surface area contributed by atoms with Crippen molar-refractivity contribution in [2.75, 3.05) is 0 Å². The second kappa shape index (κ2) is 3.66. The summed E-state index contributed by atoms with van der Waals surface area (Å²) in [6.07, 6.45) is 0. The van der Waals surface area contributed by atoms with Gasteiger partial charge in [-0.1, -0.05) is 53.8 Å². The molecule has 0 aliphatic rings. The van der Waals surface area contributed by atoms with E-state index < -0.39 is 8.07 Å². The van der Waals surface area contributed by atoms with Crippen molar-refractivity contribution in [2.45, 2.75) is 20.0 Å². The number of aromatic nitrogens is 1. The van der Waals surface area contributed by atoms with Crippen molar-refractivity contribution in [1.82, 2.24) is 5.16 Å². The first kappa shape index (κ1) is 10.2. The zero-order valence-corrected chi connectivity index (χ0v) is 10.3. The van der Waals surface area contributed by atoms with Gasteiger partial charge in [-0.2, -0.15) is 0 Å². The molecule has 0 bridgehead atoms. The number of rotatable bonds is 2. The topological polar surface area (TPSA) is 26.0 Å². The molecule has 0 N–H and O–H groups in total. The molecule has 3 heteroatoms. The van der Waals surface area contributed by atoms with Crippen LogP contribution in [0.3, 0.4) is 0 Å². The van der Waals surface area contributed by atoms with Gasteiger partial charge in [-0.15, -0.1) is 0 Å². The molecular formula is C12H15NOSi. The van der Waals surface area contributed by atoms with E-state index in [1.54, 1.807) is 0 Å². The van der Waals surface area contributed by atoms with Gasteiger partial charge in [-0.25, -0.2) is 0 Å². The van der Waals surface area contributed by atoms with Crippen molar-refractivity contribution >= 4 is 18.6 Å². The van der Waals surface area contributed by atoms with E-state index in [-0.39, 0.29) is 0 Å². The average molecular weight is 217 g/mol. The molecule has 0 atom stereocenters. The van der Waals surface area contributed by atoms with E-state index in [4.69, 9.17) is 4.52 Å². The first-order valence-corrected chi connectivity index (χ1v) is 8.10. The normalized spacial score (nSPS) is 11.7. The van der Waals surface area contributed by atoms with Crippen LogP contribution in [0.25, 0.3) is 0 Å². The molecule has 0 saturated carbocycles. The van der Waals surface area contributed by atoms with E-state index in [0.29, 0.717) is 0 Å². The standard InChI is InChI=1S/C12H15NOSi/c1-10-9-12(14-13-10)15(2,3)11-7-5-4-6-8-11/h4-9H,1-3H3. The molecule has 2 nitrogen and oxygen atoms in total. The Hall–Kier alpha value is -1.35. The van der Waals surface area contributed by atoms with Gasteiger partial charge in [0.05, 0.1) is 5.69 Å². The third-order valence-electron chi connectivity index (χ3n) is 2.74. The van der Waals surface area contributed by atoms with Crippen LogP contribution in [0.5, 0.6) is 0 Å². The Balaban J connectivity index is 2.43. The maximum absolute atomic E-state index is 5.40. The minimum absolute atomic E-state index is 0.960. The summed E-state index contributed by atoms with van der Waals surface area (Å²) in [6.45, 7) is 6.52. The number of hydrogen-bond acceptors (Lipinski definition) is 2. The highest BCUT2D eigenvalue weighted by Gasteiger charge is 2.30. The van der Waals surface area contributed by atoms with Gasteiger partial charge in [0.25, 0.3) is 0 Å². The zero-order valence-electron chi connectivity index (χ0n) is 9.32. The summed E-state index contributed by atoms with van der Waals surface area (Å²) in [5.41, 5.74) is 0.960. The molecule has 0 spiro atoms. The summed E-state index contributed by atoms with van der Waals surface area (Å²) in [6, 6.07) is 12.6. The zero-order chi connectivity index (χ0) is 10.9. The molecule has 1 aromatic carbocycles. The molecule has 78 valence electrons. The average Bonchev–Trinajstić information content (AvgIpc) is 2.67. The molecule has 0 fully saturated rings. The third kappa shape index (κ3) is 1.88. The Morgan fingerprint density at radius 2 is 1.80 bits per heavy atom. The van der Waals surface area contributed by atoms with Gasteiger partial charge in [0.2, 0.25) is 0 Å². The molecule has 0 amide bonds. The molecule has 2 rings (SSSR count). The van der Waals surface area contributed by atoms with E-state index in [2.05, 4.69) is 48.6 Å². The van der Waals surface area contributed by atoms with Crippen molar-refractivity contribution in [1.29, 1.82) is 0 Å². The maximum Gasteiger partial charge on any atom is 0.160 e. The summed E-state index contributed by atoms with van der Waals surface area (Å²) in [4.78, 5) is 0. The van der Waals surface area contributed by atoms with Crippen LogP contribution in [0.1, 0.15) is 5.69 Å². The van der Waals surface area contributed by atoms with Crippen molar-refractivity contribution in [3.8, 4) is 0 Å². The van der Waals surface area contributed by atoms with Crippen LogP contribution in [0.2, 0.25) is 13.1 Å². The summed E-state index contributed by atoms with van der Waals surface area (Å²) in [5.74, 6) is 0. The largest absolute Gasteiger partial charge is 0.366 e. The third-order valence-corrected chi connectivity index (χ3v) is 5.98. The minimum atomic E-state index is -1.66. The molecule has 2 aromatic rings. The number of hydrogen-bond donors (Lipinski definition) is 0. The molecule has 0 radical (unpaired) electrons. The van der Waals surface area contributed by atoms with E-state index in [1.807, 2.05) is 13.0 Å². The predicted molar refractivity (Wildman–Crippen MR) is 64.4 cm³/mol. The molecule has 1 aromatic heterocycles. The van der Waals surface area contributed by atoms with E-state index in [0.717, 1.165) is 11.1 Å². The van der Waals surface area contributed by atoms with Crippen LogP contribution in [0, 0.1) is 6.92 Å². The Morgan fingerprint density at radius 3 is 2.33 bits per heavy atom. The molecule has 1 heterocycles. The highest BCUT2D eigenvalue weighted by molar-refractivity contribution is 6.99. The SMILES string of the molecule is Cc1cc([Si](C)(C)c2ccccc2)on1. The van der Waals surface area contributed by atoms with Crippen molar-refractivity contribution < 1.29 is 4.52 Å². The fourth-order valence-electron chi connectivity index (χ4n) is 1.66. The maximum atomic E-state index is 5.40. The number of benzene rings is 1. The van der Waals surface area contributed by atoms with Gasteiger partial charge in [-0.05, 0) is 13.0 Å². The Morgan fingerprint density at radius 1 is 1.13 bits per heavy atom. The fourth-order valence-corrected chi connectivity index (χ4v) is 3.81. The van der Waals surface area contributed by atoms with Crippen molar-refractivity contribution in [3.05, 3.63) is 42.1 Å². The first-order valence-electron chi connectivity index (χ1n) is 5.10. The summed E-state index contributed by atoms with van der Waals surface area (Å²) >= 11 is 0. The lowest BCUT2D eigenvalue weighted by molar-refractivity contribution is 0.438. The van der Waals surface area contributed by atoms with Crippen LogP contribution < -0.4 is 10.6 Å². The Labute approximate surface area is 90.9 Å². The highest BCUT2D eigenvalue weighted by atomic mass is 28.3. The van der Waals surface area contributed by atoms with E-state index >= 15 is 0 Å². The van der Waals surface area contributed by atoms with Crippen LogP contribution in [0.15, 0.2) is 40.9 Å². The van der Waals surface area contributed by atoms with Crippen LogP contribution in [0.4, 0.5) is 0 Å². The second-order valence-electron chi connectivity index (χ2n) is 4.32. The molecule has 0 unspecified atom stereocenters. The predicted octanol–water partition coefficient (Wildman–Crippen LogP) is 1.81. The molecule has 0 aliphatic carbocycles. The Bertz CT molecular complexity index is 448. The molecular weight excluding hydrogens is 202 g/mol. The second-order valence-corrected chi connectivity index (χ2v) is 8.64. The van der Waals surface area contributed by atoms with Crippen LogP contribution in [-0.4, -0.2) is 13.2 Å². The van der Waals surface area contributed by atoms with Gasteiger partial charge in [0.1, 0.15) is 5.38 Å². The quantitative estimate of drug-likeness (QED) is 0.717. The van der Waals surface area contributed by atoms with Crippen molar-refractivity contribution in [2.24, 2.45) is 0 Å². The van der Waals surface area contributed by atoms with E-state index in [1.165, 1.54) is 5.19 Å². The highest BCUT2D eigenvalue weighted by Crippen LogP contribution is 2.05. The monoisotopic (exact) mass is 217 g/mol. The summed E-state index contributed by atoms with van der Waals surface area (Å²) in [7, 11) is -1.66. The Kier molecular flexibility index (Phi) is 2.48. The lowest BCUT2D eigenvalue weighted by atomic mass is 10.4. The van der Waals surface area contributed by atoms with Crippen LogP contribution in [-0.2, 0) is 0 Å². The van der Waals surface area contributed by atoms with Crippen LogP contribution >= 0.6 is 0 Å². The smallest absolute Gasteiger partial charge is 0.160 e. The first-order chi connectivity index (χ1) is 7.10. The number of aryl methyl sites for hydroxylation is 1. The van der Waals surface area contributed by atoms with E-state index in [9.17, 15) is 0 Å². The van der Waals surface area contributed by atoms with Gasteiger partial charge in [-0.3, -0.25) is 0 Å². The minimum Gasteiger partial charge on any atom is -0.366 e. The summed E-state index contributed by atoms with van der Waals surface area (Å²) < 4.78 is 5.40. The lowest BCUT2D eigenvalue weighted by Crippen LogP contribution is -2.52. The van der Waals surface area contributed by atoms with Gasteiger partial charge < -0.3 is 4.52 Å². The molecule has 0 saturated heterocycles. The van der Waals surface area contributed by atoms with Gasteiger partial charge in [0, 0.05) is 0 Å². The van der Waals surface area contributed by atoms with Gasteiger partial charge in [0.15, 0.2) is 8.07 Å². The molecule has 15 heavy (non-hydrogen) atoms. The lowest BCUT2D eigenvalue weighted by Gasteiger charge is -2.18. The van der Waals surface area contributed by atoms with Crippen molar-refractivity contribution in [3.63, 3.8) is 0 Å². The summed E-state index contributed by atoms with van der Waals surface area (Å²) in [5, 5.41) is 6.39. The van der Waals surface area contributed by atoms with Gasteiger partial charge >= 0.3 is 0 Å². The fraction of sp³-hybridized carbons (Fsp3) is 0.250.